The van der Waals surface area contributed by atoms with Gasteiger partial charge in [-0.05, 0) is 31.9 Å². The summed E-state index contributed by atoms with van der Waals surface area (Å²) in [5.41, 5.74) is 2.73. The van der Waals surface area contributed by atoms with Gasteiger partial charge in [-0.2, -0.15) is 0 Å². The smallest absolute Gasteiger partial charge is 0.270 e. The first-order valence-electron chi connectivity index (χ1n) is 10.3. The van der Waals surface area contributed by atoms with Crippen LogP contribution in [0.2, 0.25) is 0 Å². The molecular weight excluding hydrogens is 380 g/mol. The number of benzene rings is 1. The summed E-state index contributed by atoms with van der Waals surface area (Å²) < 4.78 is 3.75. The van der Waals surface area contributed by atoms with Crippen LogP contribution in [-0.2, 0) is 11.3 Å². The van der Waals surface area contributed by atoms with Crippen molar-refractivity contribution in [1.82, 2.24) is 19.6 Å². The molecule has 8 heteroatoms. The zero-order valence-electron chi connectivity index (χ0n) is 17.9. The van der Waals surface area contributed by atoms with E-state index in [1.165, 1.54) is 9.80 Å². The topological polar surface area (TPSA) is 73.8 Å². The van der Waals surface area contributed by atoms with Gasteiger partial charge in [-0.3, -0.25) is 14.6 Å². The summed E-state index contributed by atoms with van der Waals surface area (Å²) in [5, 5.41) is 4.57. The van der Waals surface area contributed by atoms with Crippen LogP contribution in [0.1, 0.15) is 36.7 Å². The van der Waals surface area contributed by atoms with Crippen LogP contribution in [0.3, 0.4) is 0 Å². The molecule has 8 nitrogen and oxygen atoms in total. The highest BCUT2D eigenvalue weighted by atomic mass is 16.2. The normalized spacial score (nSPS) is 18.9. The summed E-state index contributed by atoms with van der Waals surface area (Å²) in [6.45, 7) is 6.91. The first-order chi connectivity index (χ1) is 14.4. The summed E-state index contributed by atoms with van der Waals surface area (Å²) in [5.74, 6) is 0.824. The van der Waals surface area contributed by atoms with Gasteiger partial charge < -0.3 is 0 Å². The SMILES string of the molecule is CCCC[N+]1=C(n2nc(C)cc2C)N=C2C1C(=O)N(Cc1ccccc1)C(=O)N2C. The summed E-state index contributed by atoms with van der Waals surface area (Å²) in [6.07, 6.45) is 1.89. The molecule has 1 aromatic heterocycles. The van der Waals surface area contributed by atoms with E-state index in [2.05, 4.69) is 12.0 Å². The molecule has 4 rings (SSSR count). The molecule has 1 fully saturated rings. The number of nitrogens with zero attached hydrogens (tertiary/aromatic N) is 6. The van der Waals surface area contributed by atoms with E-state index in [9.17, 15) is 9.59 Å². The molecule has 1 unspecified atom stereocenters. The van der Waals surface area contributed by atoms with Crippen molar-refractivity contribution in [1.29, 1.82) is 0 Å². The van der Waals surface area contributed by atoms with E-state index in [-0.39, 0.29) is 18.5 Å². The third kappa shape index (κ3) is 3.32. The third-order valence-corrected chi connectivity index (χ3v) is 5.52. The highest BCUT2D eigenvalue weighted by molar-refractivity contribution is 6.22. The number of imide groups is 1. The molecule has 3 heterocycles. The largest absolute Gasteiger partial charge is 0.421 e. The fourth-order valence-corrected chi connectivity index (χ4v) is 3.98. The van der Waals surface area contributed by atoms with Gasteiger partial charge in [0.1, 0.15) is 5.69 Å². The fraction of sp³-hybridized carbons (Fsp3) is 0.409. The lowest BCUT2D eigenvalue weighted by atomic mass is 10.1. The van der Waals surface area contributed by atoms with Gasteiger partial charge >= 0.3 is 12.0 Å². The van der Waals surface area contributed by atoms with Crippen molar-refractivity contribution in [3.8, 4) is 0 Å². The maximum atomic E-state index is 13.5. The summed E-state index contributed by atoms with van der Waals surface area (Å²) in [6, 6.07) is 10.6. The summed E-state index contributed by atoms with van der Waals surface area (Å²) >= 11 is 0. The molecule has 0 radical (unpaired) electrons. The third-order valence-electron chi connectivity index (χ3n) is 5.52. The molecule has 30 heavy (non-hydrogen) atoms. The maximum Gasteiger partial charge on any atom is 0.421 e. The van der Waals surface area contributed by atoms with Gasteiger partial charge in [-0.15, -0.1) is 9.78 Å². The van der Waals surface area contributed by atoms with Crippen LogP contribution in [0.5, 0.6) is 0 Å². The Hall–Kier alpha value is -3.29. The second kappa shape index (κ2) is 7.85. The Bertz CT molecular complexity index is 1050. The molecule has 0 bridgehead atoms. The molecule has 0 aliphatic carbocycles. The fourth-order valence-electron chi connectivity index (χ4n) is 3.98. The molecule has 0 saturated carbocycles. The van der Waals surface area contributed by atoms with Crippen LogP contribution in [0, 0.1) is 13.8 Å². The van der Waals surface area contributed by atoms with Gasteiger partial charge in [0.2, 0.25) is 11.9 Å². The highest BCUT2D eigenvalue weighted by Gasteiger charge is 2.53. The Labute approximate surface area is 176 Å². The van der Waals surface area contributed by atoms with Crippen LogP contribution < -0.4 is 0 Å². The molecule has 156 valence electrons. The second-order valence-corrected chi connectivity index (χ2v) is 7.81. The Balaban J connectivity index is 1.77. The molecule has 2 aromatic rings. The Morgan fingerprint density at radius 2 is 1.87 bits per heavy atom. The standard InChI is InChI=1S/C22H27N6O2/c1-5-6-12-26-18-19(23-21(26)28-16(3)13-15(2)24-28)25(4)22(30)27(20(18)29)14-17-10-8-7-9-11-17/h7-11,13,18H,5-6,12,14H2,1-4H3/q+1. The van der Waals surface area contributed by atoms with E-state index in [0.29, 0.717) is 18.3 Å². The van der Waals surface area contributed by atoms with Crippen LogP contribution in [0.4, 0.5) is 4.79 Å². The second-order valence-electron chi connectivity index (χ2n) is 7.81. The molecule has 2 aliphatic rings. The Morgan fingerprint density at radius 3 is 2.50 bits per heavy atom. The molecule has 1 saturated heterocycles. The van der Waals surface area contributed by atoms with E-state index in [1.807, 2.05) is 54.8 Å². The van der Waals surface area contributed by atoms with E-state index >= 15 is 0 Å². The minimum atomic E-state index is -0.623. The predicted octanol–water partition coefficient (Wildman–Crippen LogP) is 2.39. The number of unbranched alkanes of at least 4 members (excludes halogenated alkanes) is 1. The van der Waals surface area contributed by atoms with E-state index in [1.54, 1.807) is 11.7 Å². The molecule has 1 aromatic carbocycles. The van der Waals surface area contributed by atoms with Crippen molar-refractivity contribution in [2.45, 2.75) is 46.2 Å². The van der Waals surface area contributed by atoms with Crippen molar-refractivity contribution < 1.29 is 14.2 Å². The lowest BCUT2D eigenvalue weighted by Crippen LogP contribution is -2.62. The number of fused-ring (bicyclic) bond motifs is 1. The molecule has 2 aliphatic heterocycles. The number of amides is 3. The monoisotopic (exact) mass is 407 g/mol. The lowest BCUT2D eigenvalue weighted by Gasteiger charge is -2.34. The van der Waals surface area contributed by atoms with Gasteiger partial charge in [-0.25, -0.2) is 9.37 Å². The van der Waals surface area contributed by atoms with Crippen LogP contribution >= 0.6 is 0 Å². The molecule has 1 atom stereocenters. The van der Waals surface area contributed by atoms with Crippen LogP contribution in [0.25, 0.3) is 0 Å². The minimum Gasteiger partial charge on any atom is -0.270 e. The van der Waals surface area contributed by atoms with E-state index in [4.69, 9.17) is 4.99 Å². The number of aromatic nitrogens is 2. The number of hydrogen-bond donors (Lipinski definition) is 0. The number of carbonyl (C=O) groups is 2. The first-order valence-corrected chi connectivity index (χ1v) is 10.3. The number of urea groups is 1. The summed E-state index contributed by atoms with van der Waals surface area (Å²) in [4.78, 5) is 34.1. The Morgan fingerprint density at radius 1 is 1.13 bits per heavy atom. The van der Waals surface area contributed by atoms with Crippen molar-refractivity contribution in [3.05, 3.63) is 53.3 Å². The van der Waals surface area contributed by atoms with E-state index < -0.39 is 6.04 Å². The number of rotatable bonds is 5. The average molecular weight is 407 g/mol. The molecular formula is C22H27N6O2+. The number of aryl methyl sites for hydroxylation is 2. The lowest BCUT2D eigenvalue weighted by molar-refractivity contribution is -0.538. The molecule has 0 N–H and O–H groups in total. The van der Waals surface area contributed by atoms with Gasteiger partial charge in [0.05, 0.1) is 18.8 Å². The molecule has 0 spiro atoms. The number of amidine groups is 1. The zero-order valence-corrected chi connectivity index (χ0v) is 17.9. The zero-order chi connectivity index (χ0) is 21.4. The van der Waals surface area contributed by atoms with Crippen LogP contribution in [0.15, 0.2) is 41.4 Å². The quantitative estimate of drug-likeness (QED) is 0.715. The Kier molecular flexibility index (Phi) is 5.24. The number of carbonyl (C=O) groups excluding carboxylic acids is 2. The van der Waals surface area contributed by atoms with Gasteiger partial charge in [-0.1, -0.05) is 48.7 Å². The number of hydrogen-bond acceptors (Lipinski definition) is 4. The maximum absolute atomic E-state index is 13.5. The van der Waals surface area contributed by atoms with Crippen molar-refractivity contribution in [2.75, 3.05) is 13.6 Å². The van der Waals surface area contributed by atoms with Gasteiger partial charge in [0.15, 0.2) is 0 Å². The predicted molar refractivity (Wildman–Crippen MR) is 114 cm³/mol. The number of likely N-dealkylation sites (N-methyl/N-ethyl adjacent to an activating group) is 1. The highest BCUT2D eigenvalue weighted by Crippen LogP contribution is 2.23. The van der Waals surface area contributed by atoms with Gasteiger partial charge in [0.25, 0.3) is 5.91 Å². The van der Waals surface area contributed by atoms with E-state index in [0.717, 1.165) is 29.8 Å². The first kappa shape index (κ1) is 20.0. The average Bonchev–Trinajstić information content (AvgIpc) is 3.28. The molecule has 3 amide bonds. The van der Waals surface area contributed by atoms with Gasteiger partial charge in [0, 0.05) is 7.05 Å². The van der Waals surface area contributed by atoms with Crippen molar-refractivity contribution in [2.24, 2.45) is 4.99 Å². The van der Waals surface area contributed by atoms with Crippen molar-refractivity contribution >= 4 is 23.7 Å². The minimum absolute atomic E-state index is 0.240. The van der Waals surface area contributed by atoms with Crippen LogP contribution in [-0.4, -0.2) is 67.5 Å². The number of aliphatic imine (C=N–C) groups is 1. The summed E-state index contributed by atoms with van der Waals surface area (Å²) in [7, 11) is 1.68. The van der Waals surface area contributed by atoms with Crippen molar-refractivity contribution in [3.63, 3.8) is 0 Å².